The third-order valence-electron chi connectivity index (χ3n) is 2.88. The Hall–Kier alpha value is -1.24. The van der Waals surface area contributed by atoms with Crippen LogP contribution in [0.15, 0.2) is 30.5 Å². The fraction of sp³-hybridized carbons (Fsp3) is 0.385. The van der Waals surface area contributed by atoms with Gasteiger partial charge in [-0.25, -0.2) is 0 Å². The van der Waals surface area contributed by atoms with Crippen LogP contribution >= 0.6 is 0 Å². The monoisotopic (exact) mass is 187 g/mol. The van der Waals surface area contributed by atoms with E-state index < -0.39 is 0 Å². The molecule has 1 atom stereocenters. The predicted molar refractivity (Wildman–Crippen MR) is 61.5 cm³/mol. The first-order valence-corrected chi connectivity index (χ1v) is 5.16. The fourth-order valence-corrected chi connectivity index (χ4v) is 2.25. The Balaban J connectivity index is 2.50. The van der Waals surface area contributed by atoms with Crippen LogP contribution in [-0.4, -0.2) is 0 Å². The SMILES string of the molecule is C=C1Nc2ccc(C)cc2[C@H]1C(C)C. The highest BCUT2D eigenvalue weighted by Gasteiger charge is 2.27. The van der Waals surface area contributed by atoms with Gasteiger partial charge in [-0.15, -0.1) is 0 Å². The number of rotatable bonds is 1. The van der Waals surface area contributed by atoms with E-state index in [1.54, 1.807) is 0 Å². The van der Waals surface area contributed by atoms with Crippen LogP contribution in [0.3, 0.4) is 0 Å². The molecule has 0 saturated heterocycles. The molecular formula is C13H17N. The highest BCUT2D eigenvalue weighted by atomic mass is 14.9. The molecule has 74 valence electrons. The summed E-state index contributed by atoms with van der Waals surface area (Å²) in [5, 5.41) is 3.36. The van der Waals surface area contributed by atoms with E-state index in [0.717, 1.165) is 5.70 Å². The summed E-state index contributed by atoms with van der Waals surface area (Å²) in [6.45, 7) is 10.7. The maximum absolute atomic E-state index is 4.09. The Morgan fingerprint density at radius 2 is 2.07 bits per heavy atom. The van der Waals surface area contributed by atoms with Crippen molar-refractivity contribution < 1.29 is 0 Å². The van der Waals surface area contributed by atoms with Crippen LogP contribution in [0.25, 0.3) is 0 Å². The van der Waals surface area contributed by atoms with E-state index in [1.165, 1.54) is 16.8 Å². The Morgan fingerprint density at radius 1 is 1.36 bits per heavy atom. The molecule has 0 spiro atoms. The van der Waals surface area contributed by atoms with Gasteiger partial charge < -0.3 is 5.32 Å². The highest BCUT2D eigenvalue weighted by Crippen LogP contribution is 2.42. The molecule has 1 aromatic carbocycles. The number of hydrogen-bond acceptors (Lipinski definition) is 1. The summed E-state index contributed by atoms with van der Waals surface area (Å²) >= 11 is 0. The van der Waals surface area contributed by atoms with Gasteiger partial charge in [0.05, 0.1) is 0 Å². The smallest absolute Gasteiger partial charge is 0.0421 e. The minimum Gasteiger partial charge on any atom is -0.359 e. The zero-order valence-corrected chi connectivity index (χ0v) is 9.09. The second kappa shape index (κ2) is 3.16. The Morgan fingerprint density at radius 3 is 2.71 bits per heavy atom. The van der Waals surface area contributed by atoms with Crippen LogP contribution in [0.5, 0.6) is 0 Å². The lowest BCUT2D eigenvalue weighted by Gasteiger charge is -2.15. The summed E-state index contributed by atoms with van der Waals surface area (Å²) in [5.74, 6) is 1.09. The van der Waals surface area contributed by atoms with Crippen LogP contribution in [-0.2, 0) is 0 Å². The van der Waals surface area contributed by atoms with Gasteiger partial charge in [0.2, 0.25) is 0 Å². The molecule has 1 aliphatic heterocycles. The molecule has 0 radical (unpaired) electrons. The van der Waals surface area contributed by atoms with Crippen molar-refractivity contribution in [3.63, 3.8) is 0 Å². The summed E-state index contributed by atoms with van der Waals surface area (Å²) < 4.78 is 0. The molecule has 1 aliphatic rings. The number of nitrogens with one attached hydrogen (secondary N) is 1. The molecule has 0 bridgehead atoms. The van der Waals surface area contributed by atoms with Crippen LogP contribution in [0.2, 0.25) is 0 Å². The summed E-state index contributed by atoms with van der Waals surface area (Å²) in [7, 11) is 0. The normalized spacial score (nSPS) is 19.7. The van der Waals surface area contributed by atoms with Crippen LogP contribution in [0, 0.1) is 12.8 Å². The van der Waals surface area contributed by atoms with E-state index in [2.05, 4.69) is 50.9 Å². The third-order valence-corrected chi connectivity index (χ3v) is 2.88. The largest absolute Gasteiger partial charge is 0.359 e. The minimum absolute atomic E-state index is 0.477. The number of benzene rings is 1. The third kappa shape index (κ3) is 1.33. The maximum Gasteiger partial charge on any atom is 0.0421 e. The molecule has 14 heavy (non-hydrogen) atoms. The van der Waals surface area contributed by atoms with E-state index in [1.807, 2.05) is 0 Å². The first-order chi connectivity index (χ1) is 6.59. The number of hydrogen-bond donors (Lipinski definition) is 1. The fourth-order valence-electron chi connectivity index (χ4n) is 2.25. The van der Waals surface area contributed by atoms with Crippen molar-refractivity contribution in [3.05, 3.63) is 41.6 Å². The van der Waals surface area contributed by atoms with E-state index >= 15 is 0 Å². The summed E-state index contributed by atoms with van der Waals surface area (Å²) in [6.07, 6.45) is 0. The van der Waals surface area contributed by atoms with Crippen molar-refractivity contribution in [1.29, 1.82) is 0 Å². The maximum atomic E-state index is 4.09. The van der Waals surface area contributed by atoms with Crippen molar-refractivity contribution in [2.75, 3.05) is 5.32 Å². The Bertz CT molecular complexity index is 377. The molecular weight excluding hydrogens is 170 g/mol. The average Bonchev–Trinajstić information content (AvgIpc) is 2.40. The van der Waals surface area contributed by atoms with Gasteiger partial charge in [0.1, 0.15) is 0 Å². The summed E-state index contributed by atoms with van der Waals surface area (Å²) in [6, 6.07) is 6.56. The van der Waals surface area contributed by atoms with Crippen molar-refractivity contribution >= 4 is 5.69 Å². The quantitative estimate of drug-likeness (QED) is 0.707. The molecule has 0 unspecified atom stereocenters. The van der Waals surface area contributed by atoms with Crippen molar-refractivity contribution in [2.24, 2.45) is 5.92 Å². The van der Waals surface area contributed by atoms with Crippen molar-refractivity contribution in [1.82, 2.24) is 0 Å². The van der Waals surface area contributed by atoms with E-state index in [4.69, 9.17) is 0 Å². The molecule has 1 heteroatoms. The number of anilines is 1. The number of allylic oxidation sites excluding steroid dienone is 1. The Kier molecular flexibility index (Phi) is 2.10. The molecule has 0 amide bonds. The van der Waals surface area contributed by atoms with Crippen LogP contribution in [0.4, 0.5) is 5.69 Å². The van der Waals surface area contributed by atoms with E-state index in [9.17, 15) is 0 Å². The van der Waals surface area contributed by atoms with Gasteiger partial charge in [-0.05, 0) is 24.5 Å². The molecule has 0 aromatic heterocycles. The molecule has 1 aromatic rings. The topological polar surface area (TPSA) is 12.0 Å². The lowest BCUT2D eigenvalue weighted by Crippen LogP contribution is -2.05. The first-order valence-electron chi connectivity index (χ1n) is 5.16. The predicted octanol–water partition coefficient (Wildman–Crippen LogP) is 3.67. The molecule has 2 rings (SSSR count). The van der Waals surface area contributed by atoms with Crippen LogP contribution < -0.4 is 5.32 Å². The van der Waals surface area contributed by atoms with Crippen molar-refractivity contribution in [3.8, 4) is 0 Å². The van der Waals surface area contributed by atoms with Gasteiger partial charge in [0.25, 0.3) is 0 Å². The molecule has 1 heterocycles. The minimum atomic E-state index is 0.477. The van der Waals surface area contributed by atoms with Gasteiger partial charge in [0, 0.05) is 17.3 Å². The van der Waals surface area contributed by atoms with E-state index in [-0.39, 0.29) is 0 Å². The second-order valence-corrected chi connectivity index (χ2v) is 4.46. The summed E-state index contributed by atoms with van der Waals surface area (Å²) in [5.41, 5.74) is 5.11. The van der Waals surface area contributed by atoms with Gasteiger partial charge in [-0.1, -0.05) is 38.1 Å². The van der Waals surface area contributed by atoms with Gasteiger partial charge in [-0.2, -0.15) is 0 Å². The van der Waals surface area contributed by atoms with Gasteiger partial charge >= 0.3 is 0 Å². The number of aryl methyl sites for hydroxylation is 1. The summed E-state index contributed by atoms with van der Waals surface area (Å²) in [4.78, 5) is 0. The first kappa shape index (κ1) is 9.32. The zero-order chi connectivity index (χ0) is 10.3. The van der Waals surface area contributed by atoms with E-state index in [0.29, 0.717) is 11.8 Å². The van der Waals surface area contributed by atoms with Crippen LogP contribution in [0.1, 0.15) is 30.9 Å². The standard InChI is InChI=1S/C13H17N/c1-8(2)13-10(4)14-12-6-5-9(3)7-11(12)13/h5-8,13-14H,4H2,1-3H3/t13-/m0/s1. The molecule has 0 saturated carbocycles. The second-order valence-electron chi connectivity index (χ2n) is 4.46. The molecule has 1 N–H and O–H groups in total. The average molecular weight is 187 g/mol. The van der Waals surface area contributed by atoms with Crippen molar-refractivity contribution in [2.45, 2.75) is 26.7 Å². The molecule has 0 fully saturated rings. The molecule has 1 nitrogen and oxygen atoms in total. The molecule has 0 aliphatic carbocycles. The lowest BCUT2D eigenvalue weighted by atomic mass is 9.88. The van der Waals surface area contributed by atoms with Gasteiger partial charge in [-0.3, -0.25) is 0 Å². The Labute approximate surface area is 85.8 Å². The van der Waals surface area contributed by atoms with Gasteiger partial charge in [0.15, 0.2) is 0 Å². The lowest BCUT2D eigenvalue weighted by molar-refractivity contribution is 0.571. The zero-order valence-electron chi connectivity index (χ0n) is 9.09. The number of fused-ring (bicyclic) bond motifs is 1. The highest BCUT2D eigenvalue weighted by molar-refractivity contribution is 5.65.